The highest BCUT2D eigenvalue weighted by atomic mass is 32.2. The van der Waals surface area contributed by atoms with Crippen LogP contribution in [0.4, 0.5) is 5.69 Å². The number of hydrogen-bond acceptors (Lipinski definition) is 3. The van der Waals surface area contributed by atoms with E-state index in [4.69, 9.17) is 0 Å². The van der Waals surface area contributed by atoms with Crippen molar-refractivity contribution < 1.29 is 13.2 Å². The van der Waals surface area contributed by atoms with Gasteiger partial charge < -0.3 is 5.32 Å². The van der Waals surface area contributed by atoms with E-state index in [0.29, 0.717) is 23.7 Å². The second-order valence-corrected chi connectivity index (χ2v) is 9.88. The second-order valence-electron chi connectivity index (χ2n) is 7.91. The molecule has 0 fully saturated rings. The third kappa shape index (κ3) is 5.33. The number of aryl methyl sites for hydroxylation is 1. The Hall–Kier alpha value is -3.12. The number of benzene rings is 3. The Kier molecular flexibility index (Phi) is 6.81. The van der Waals surface area contributed by atoms with Crippen molar-refractivity contribution in [3.05, 3.63) is 95.1 Å². The lowest BCUT2D eigenvalue weighted by Gasteiger charge is -2.20. The maximum Gasteiger partial charge on any atom is 0.264 e. The van der Waals surface area contributed by atoms with Crippen molar-refractivity contribution >= 4 is 21.6 Å². The van der Waals surface area contributed by atoms with Crippen LogP contribution in [-0.4, -0.2) is 21.4 Å². The first-order valence-electron chi connectivity index (χ1n) is 10.2. The predicted octanol–water partition coefficient (Wildman–Crippen LogP) is 4.87. The van der Waals surface area contributed by atoms with Gasteiger partial charge >= 0.3 is 0 Å². The van der Waals surface area contributed by atoms with Gasteiger partial charge in [-0.2, -0.15) is 0 Å². The fraction of sp³-hybridized carbons (Fsp3) is 0.240. The summed E-state index contributed by atoms with van der Waals surface area (Å²) in [5, 5.41) is 2.86. The lowest BCUT2D eigenvalue weighted by molar-refractivity contribution is 0.0950. The van der Waals surface area contributed by atoms with Crippen LogP contribution in [0.3, 0.4) is 0 Å². The molecule has 162 valence electrons. The van der Waals surface area contributed by atoms with E-state index in [-0.39, 0.29) is 10.8 Å². The molecule has 0 aliphatic heterocycles. The van der Waals surface area contributed by atoms with Gasteiger partial charge in [0.1, 0.15) is 0 Å². The van der Waals surface area contributed by atoms with Gasteiger partial charge in [0.05, 0.1) is 10.6 Å². The minimum atomic E-state index is -3.79. The zero-order valence-electron chi connectivity index (χ0n) is 18.3. The molecular formula is C25H28N2O3S. The molecule has 0 saturated carbocycles. The predicted molar refractivity (Wildman–Crippen MR) is 125 cm³/mol. The molecule has 0 aliphatic rings. The van der Waals surface area contributed by atoms with Crippen molar-refractivity contribution in [3.8, 4) is 0 Å². The van der Waals surface area contributed by atoms with E-state index in [9.17, 15) is 13.2 Å². The zero-order valence-corrected chi connectivity index (χ0v) is 19.1. The Morgan fingerprint density at radius 3 is 2.23 bits per heavy atom. The normalized spacial score (nSPS) is 11.4. The maximum atomic E-state index is 13.1. The number of hydrogen-bond donors (Lipinski definition) is 1. The lowest BCUT2D eigenvalue weighted by atomic mass is 10.0. The van der Waals surface area contributed by atoms with E-state index >= 15 is 0 Å². The van der Waals surface area contributed by atoms with Crippen LogP contribution in [0.15, 0.2) is 77.7 Å². The molecule has 5 nitrogen and oxygen atoms in total. The van der Waals surface area contributed by atoms with E-state index in [0.717, 1.165) is 11.1 Å². The van der Waals surface area contributed by atoms with E-state index in [1.165, 1.54) is 29.0 Å². The molecule has 0 radical (unpaired) electrons. The minimum Gasteiger partial charge on any atom is -0.348 e. The highest BCUT2D eigenvalue weighted by molar-refractivity contribution is 7.92. The van der Waals surface area contributed by atoms with Crippen molar-refractivity contribution in [2.24, 2.45) is 0 Å². The van der Waals surface area contributed by atoms with Crippen LogP contribution in [-0.2, 0) is 16.6 Å². The van der Waals surface area contributed by atoms with Crippen molar-refractivity contribution in [2.75, 3.05) is 11.4 Å². The second kappa shape index (κ2) is 9.35. The third-order valence-electron chi connectivity index (χ3n) is 5.25. The summed E-state index contributed by atoms with van der Waals surface area (Å²) in [6.07, 6.45) is 0. The highest BCUT2D eigenvalue weighted by Gasteiger charge is 2.22. The summed E-state index contributed by atoms with van der Waals surface area (Å²) in [6, 6.07) is 21.4. The Morgan fingerprint density at radius 2 is 1.61 bits per heavy atom. The molecule has 0 atom stereocenters. The van der Waals surface area contributed by atoms with E-state index in [2.05, 4.69) is 31.3 Å². The molecule has 1 amide bonds. The summed E-state index contributed by atoms with van der Waals surface area (Å²) in [6.45, 7) is 6.58. The number of nitrogens with zero attached hydrogens (tertiary/aromatic N) is 1. The molecule has 3 aromatic carbocycles. The molecule has 0 aliphatic carbocycles. The van der Waals surface area contributed by atoms with Crippen LogP contribution in [0.25, 0.3) is 0 Å². The van der Waals surface area contributed by atoms with E-state index < -0.39 is 10.0 Å². The fourth-order valence-corrected chi connectivity index (χ4v) is 4.40. The number of amides is 1. The molecule has 0 aromatic heterocycles. The van der Waals surface area contributed by atoms with Crippen LogP contribution in [0.5, 0.6) is 0 Å². The van der Waals surface area contributed by atoms with Gasteiger partial charge in [-0.25, -0.2) is 8.42 Å². The molecule has 3 rings (SSSR count). The summed E-state index contributed by atoms with van der Waals surface area (Å²) in [5.41, 5.74) is 4.14. The van der Waals surface area contributed by atoms with Crippen LogP contribution in [0.1, 0.15) is 46.8 Å². The quantitative estimate of drug-likeness (QED) is 0.574. The third-order valence-corrected chi connectivity index (χ3v) is 7.03. The number of nitrogens with one attached hydrogen (secondary N) is 1. The van der Waals surface area contributed by atoms with Crippen molar-refractivity contribution in [1.29, 1.82) is 0 Å². The van der Waals surface area contributed by atoms with Crippen LogP contribution in [0.2, 0.25) is 0 Å². The Bertz CT molecular complexity index is 1150. The van der Waals surface area contributed by atoms with Gasteiger partial charge in [0, 0.05) is 19.2 Å². The highest BCUT2D eigenvalue weighted by Crippen LogP contribution is 2.23. The van der Waals surface area contributed by atoms with Crippen LogP contribution in [0, 0.1) is 6.92 Å². The standard InChI is InChI=1S/C25H28N2O3S/c1-18(2)21-12-10-20(11-13-21)17-26-25(28)22-6-5-7-24(16-22)31(29,30)27(4)23-14-8-19(3)9-15-23/h5-16,18H,17H2,1-4H3,(H,26,28). The number of carbonyl (C=O) groups is 1. The molecular weight excluding hydrogens is 408 g/mol. The van der Waals surface area contributed by atoms with E-state index in [1.807, 2.05) is 31.2 Å². The van der Waals surface area contributed by atoms with Crippen molar-refractivity contribution in [2.45, 2.75) is 38.1 Å². The molecule has 0 bridgehead atoms. The first-order valence-corrected chi connectivity index (χ1v) is 11.6. The SMILES string of the molecule is Cc1ccc(N(C)S(=O)(=O)c2cccc(C(=O)NCc3ccc(C(C)C)cc3)c2)cc1. The van der Waals surface area contributed by atoms with E-state index in [1.54, 1.807) is 24.3 Å². The molecule has 0 heterocycles. The van der Waals surface area contributed by atoms with Gasteiger partial charge in [0.2, 0.25) is 0 Å². The van der Waals surface area contributed by atoms with Gasteiger partial charge in [0.15, 0.2) is 0 Å². The summed E-state index contributed by atoms with van der Waals surface area (Å²) in [7, 11) is -2.28. The Morgan fingerprint density at radius 1 is 0.968 bits per heavy atom. The van der Waals surface area contributed by atoms with Crippen molar-refractivity contribution in [3.63, 3.8) is 0 Å². The molecule has 1 N–H and O–H groups in total. The van der Waals surface area contributed by atoms with Gasteiger partial charge in [-0.3, -0.25) is 9.10 Å². The van der Waals surface area contributed by atoms with Gasteiger partial charge in [-0.15, -0.1) is 0 Å². The zero-order chi connectivity index (χ0) is 22.6. The molecule has 31 heavy (non-hydrogen) atoms. The average molecular weight is 437 g/mol. The first-order chi connectivity index (χ1) is 14.7. The lowest BCUT2D eigenvalue weighted by Crippen LogP contribution is -2.27. The number of sulfonamides is 1. The molecule has 0 saturated heterocycles. The Balaban J connectivity index is 1.74. The summed E-state index contributed by atoms with van der Waals surface area (Å²) in [4.78, 5) is 12.7. The number of carbonyl (C=O) groups excluding carboxylic acids is 1. The van der Waals surface area contributed by atoms with Crippen LogP contribution < -0.4 is 9.62 Å². The first kappa shape index (κ1) is 22.6. The fourth-order valence-electron chi connectivity index (χ4n) is 3.15. The molecule has 0 unspecified atom stereocenters. The minimum absolute atomic E-state index is 0.0736. The summed E-state index contributed by atoms with van der Waals surface area (Å²) in [5.74, 6) is 0.134. The topological polar surface area (TPSA) is 66.5 Å². The van der Waals surface area contributed by atoms with Gasteiger partial charge in [-0.05, 0) is 54.3 Å². The van der Waals surface area contributed by atoms with Gasteiger partial charge in [0.25, 0.3) is 15.9 Å². The monoisotopic (exact) mass is 436 g/mol. The summed E-state index contributed by atoms with van der Waals surface area (Å²) < 4.78 is 27.3. The maximum absolute atomic E-state index is 13.1. The number of anilines is 1. The average Bonchev–Trinajstić information content (AvgIpc) is 2.77. The van der Waals surface area contributed by atoms with Gasteiger partial charge in [-0.1, -0.05) is 61.9 Å². The molecule has 3 aromatic rings. The summed E-state index contributed by atoms with van der Waals surface area (Å²) >= 11 is 0. The largest absolute Gasteiger partial charge is 0.348 e. The smallest absolute Gasteiger partial charge is 0.264 e. The molecule has 0 spiro atoms. The Labute approximate surface area is 184 Å². The van der Waals surface area contributed by atoms with Crippen molar-refractivity contribution in [1.82, 2.24) is 5.32 Å². The number of rotatable bonds is 7. The van der Waals surface area contributed by atoms with Crippen LogP contribution >= 0.6 is 0 Å². The molecule has 6 heteroatoms.